The lowest BCUT2D eigenvalue weighted by atomic mass is 10.0. The highest BCUT2D eigenvalue weighted by Gasteiger charge is 2.05. The molecule has 0 saturated carbocycles. The number of terminal acetylenes is 2. The van der Waals surface area contributed by atoms with Crippen molar-refractivity contribution in [1.29, 1.82) is 0 Å². The molecule has 0 aliphatic rings. The van der Waals surface area contributed by atoms with Gasteiger partial charge in [0.15, 0.2) is 0 Å². The second-order valence-electron chi connectivity index (χ2n) is 4.84. The van der Waals surface area contributed by atoms with Crippen molar-refractivity contribution < 1.29 is 4.79 Å². The lowest BCUT2D eigenvalue weighted by molar-refractivity contribution is 0.0953. The predicted octanol–water partition coefficient (Wildman–Crippen LogP) is 3.35. The van der Waals surface area contributed by atoms with Crippen LogP contribution in [0.25, 0.3) is 10.8 Å². The molecule has 104 valence electrons. The molecule has 2 rings (SSSR count). The summed E-state index contributed by atoms with van der Waals surface area (Å²) >= 11 is 0. The van der Waals surface area contributed by atoms with E-state index in [1.165, 1.54) is 0 Å². The number of rotatable bonds is 5. The molecule has 0 aliphatic heterocycles. The third kappa shape index (κ3) is 3.88. The Morgan fingerprint density at radius 2 is 1.81 bits per heavy atom. The van der Waals surface area contributed by atoms with E-state index >= 15 is 0 Å². The van der Waals surface area contributed by atoms with Gasteiger partial charge in [0.25, 0.3) is 5.91 Å². The van der Waals surface area contributed by atoms with E-state index in [2.05, 4.69) is 17.2 Å². The first kappa shape index (κ1) is 14.7. The fourth-order valence-corrected chi connectivity index (χ4v) is 2.13. The monoisotopic (exact) mass is 275 g/mol. The van der Waals surface area contributed by atoms with E-state index < -0.39 is 0 Å². The summed E-state index contributed by atoms with van der Waals surface area (Å²) in [5.74, 6) is 5.14. The van der Waals surface area contributed by atoms with Crippen LogP contribution in [0.3, 0.4) is 0 Å². The highest BCUT2D eigenvalue weighted by Crippen LogP contribution is 2.17. The summed E-state index contributed by atoms with van der Waals surface area (Å²) in [6, 6.07) is 11.4. The van der Waals surface area contributed by atoms with Gasteiger partial charge in [0.05, 0.1) is 0 Å². The van der Waals surface area contributed by atoms with E-state index in [0.29, 0.717) is 12.1 Å². The van der Waals surface area contributed by atoms with Crippen LogP contribution < -0.4 is 5.32 Å². The van der Waals surface area contributed by atoms with Crippen molar-refractivity contribution >= 4 is 16.7 Å². The SMILES string of the molecule is C#CCCCCNC(=O)c1ccc2cc(C#C)ccc2c1. The molecule has 0 bridgehead atoms. The Morgan fingerprint density at radius 1 is 1.05 bits per heavy atom. The van der Waals surface area contributed by atoms with E-state index in [4.69, 9.17) is 12.8 Å². The summed E-state index contributed by atoms with van der Waals surface area (Å²) in [5, 5.41) is 4.95. The van der Waals surface area contributed by atoms with Gasteiger partial charge in [-0.25, -0.2) is 0 Å². The normalized spacial score (nSPS) is 9.81. The first-order valence-corrected chi connectivity index (χ1v) is 6.96. The lowest BCUT2D eigenvalue weighted by Crippen LogP contribution is -2.24. The number of fused-ring (bicyclic) bond motifs is 1. The molecule has 0 heterocycles. The van der Waals surface area contributed by atoms with Crippen LogP contribution in [-0.2, 0) is 0 Å². The molecule has 0 saturated heterocycles. The number of benzene rings is 2. The van der Waals surface area contributed by atoms with Crippen LogP contribution in [0.15, 0.2) is 36.4 Å². The molecule has 1 N–H and O–H groups in total. The highest BCUT2D eigenvalue weighted by atomic mass is 16.1. The molecule has 2 nitrogen and oxygen atoms in total. The number of amides is 1. The van der Waals surface area contributed by atoms with Gasteiger partial charge in [-0.3, -0.25) is 4.79 Å². The molecule has 0 atom stereocenters. The zero-order chi connectivity index (χ0) is 15.1. The molecule has 2 heteroatoms. The van der Waals surface area contributed by atoms with E-state index in [0.717, 1.165) is 35.6 Å². The Kier molecular flexibility index (Phi) is 5.02. The minimum absolute atomic E-state index is 0.0568. The molecular formula is C19H17NO. The Hall–Kier alpha value is -2.71. The van der Waals surface area contributed by atoms with Crippen molar-refractivity contribution in [3.8, 4) is 24.7 Å². The van der Waals surface area contributed by atoms with E-state index in [-0.39, 0.29) is 5.91 Å². The summed E-state index contributed by atoms with van der Waals surface area (Å²) in [6.45, 7) is 0.647. The van der Waals surface area contributed by atoms with Crippen molar-refractivity contribution in [3.63, 3.8) is 0 Å². The Morgan fingerprint density at radius 3 is 2.57 bits per heavy atom. The Labute approximate surface area is 125 Å². The molecule has 0 aliphatic carbocycles. The summed E-state index contributed by atoms with van der Waals surface area (Å²) in [7, 11) is 0. The molecule has 21 heavy (non-hydrogen) atoms. The molecule has 0 unspecified atom stereocenters. The van der Waals surface area contributed by atoms with Crippen molar-refractivity contribution in [2.75, 3.05) is 6.54 Å². The molecule has 2 aromatic carbocycles. The fraction of sp³-hybridized carbons (Fsp3) is 0.211. The molecule has 0 fully saturated rings. The predicted molar refractivity (Wildman–Crippen MR) is 86.9 cm³/mol. The number of nitrogens with one attached hydrogen (secondary N) is 1. The first-order valence-electron chi connectivity index (χ1n) is 6.96. The van der Waals surface area contributed by atoms with Crippen LogP contribution in [-0.4, -0.2) is 12.5 Å². The van der Waals surface area contributed by atoms with Gasteiger partial charge in [-0.05, 0) is 47.9 Å². The van der Waals surface area contributed by atoms with Gasteiger partial charge >= 0.3 is 0 Å². The molecule has 2 aromatic rings. The van der Waals surface area contributed by atoms with Crippen LogP contribution >= 0.6 is 0 Å². The Balaban J connectivity index is 2.04. The van der Waals surface area contributed by atoms with Crippen molar-refractivity contribution in [3.05, 3.63) is 47.5 Å². The van der Waals surface area contributed by atoms with Gasteiger partial charge in [0.2, 0.25) is 0 Å². The first-order chi connectivity index (χ1) is 10.2. The van der Waals surface area contributed by atoms with E-state index in [1.807, 2.05) is 36.4 Å². The van der Waals surface area contributed by atoms with Gasteiger partial charge in [-0.1, -0.05) is 18.1 Å². The molecule has 0 aromatic heterocycles. The quantitative estimate of drug-likeness (QED) is 0.658. The van der Waals surface area contributed by atoms with E-state index in [1.54, 1.807) is 0 Å². The molecular weight excluding hydrogens is 258 g/mol. The topological polar surface area (TPSA) is 29.1 Å². The van der Waals surface area contributed by atoms with Gasteiger partial charge in [-0.2, -0.15) is 0 Å². The van der Waals surface area contributed by atoms with Crippen molar-refractivity contribution in [2.45, 2.75) is 19.3 Å². The summed E-state index contributed by atoms with van der Waals surface area (Å²) in [5.41, 5.74) is 1.50. The number of hydrogen-bond acceptors (Lipinski definition) is 1. The van der Waals surface area contributed by atoms with Crippen LogP contribution in [0, 0.1) is 24.7 Å². The number of carbonyl (C=O) groups excluding carboxylic acids is 1. The zero-order valence-electron chi connectivity index (χ0n) is 11.9. The maximum Gasteiger partial charge on any atom is 0.251 e. The minimum atomic E-state index is -0.0568. The summed E-state index contributed by atoms with van der Waals surface area (Å²) < 4.78 is 0. The average Bonchev–Trinajstić information content (AvgIpc) is 2.53. The average molecular weight is 275 g/mol. The molecule has 0 spiro atoms. The summed E-state index contributed by atoms with van der Waals surface area (Å²) in [6.07, 6.45) is 13.2. The number of unbranched alkanes of at least 4 members (excludes halogenated alkanes) is 2. The van der Waals surface area contributed by atoms with Gasteiger partial charge < -0.3 is 5.32 Å². The lowest BCUT2D eigenvalue weighted by Gasteiger charge is -2.06. The molecule has 0 radical (unpaired) electrons. The largest absolute Gasteiger partial charge is 0.352 e. The van der Waals surface area contributed by atoms with E-state index in [9.17, 15) is 4.79 Å². The standard InChI is InChI=1S/C19H17NO/c1-3-5-6-7-12-20-19(21)18-11-10-16-13-15(4-2)8-9-17(16)14-18/h1-2,8-11,13-14H,5-7,12H2,(H,20,21). The highest BCUT2D eigenvalue weighted by molar-refractivity contribution is 5.98. The van der Waals surface area contributed by atoms with Crippen LogP contribution in [0.1, 0.15) is 35.2 Å². The fourth-order valence-electron chi connectivity index (χ4n) is 2.13. The van der Waals surface area contributed by atoms with Gasteiger partial charge in [0.1, 0.15) is 0 Å². The molecule has 1 amide bonds. The third-order valence-corrected chi connectivity index (χ3v) is 3.30. The maximum atomic E-state index is 12.1. The maximum absolute atomic E-state index is 12.1. The second-order valence-corrected chi connectivity index (χ2v) is 4.84. The van der Waals surface area contributed by atoms with Gasteiger partial charge in [-0.15, -0.1) is 18.8 Å². The summed E-state index contributed by atoms with van der Waals surface area (Å²) in [4.78, 5) is 12.1. The van der Waals surface area contributed by atoms with Gasteiger partial charge in [0, 0.05) is 24.1 Å². The zero-order valence-corrected chi connectivity index (χ0v) is 11.9. The second kappa shape index (κ2) is 7.17. The smallest absolute Gasteiger partial charge is 0.251 e. The Bertz CT molecular complexity index is 731. The van der Waals surface area contributed by atoms with Crippen molar-refractivity contribution in [2.24, 2.45) is 0 Å². The van der Waals surface area contributed by atoms with Crippen LogP contribution in [0.5, 0.6) is 0 Å². The third-order valence-electron chi connectivity index (χ3n) is 3.30. The number of hydrogen-bond donors (Lipinski definition) is 1. The van der Waals surface area contributed by atoms with Crippen LogP contribution in [0.4, 0.5) is 0 Å². The van der Waals surface area contributed by atoms with Crippen molar-refractivity contribution in [1.82, 2.24) is 5.32 Å². The van der Waals surface area contributed by atoms with Crippen LogP contribution in [0.2, 0.25) is 0 Å². The minimum Gasteiger partial charge on any atom is -0.352 e. The number of carbonyl (C=O) groups is 1.